The Morgan fingerprint density at radius 1 is 1.23 bits per heavy atom. The number of hydrogen-bond donors (Lipinski definition) is 2. The molecule has 3 N–H and O–H groups in total. The van der Waals surface area contributed by atoms with Gasteiger partial charge >= 0.3 is 0 Å². The Morgan fingerprint density at radius 3 is 2.45 bits per heavy atom. The van der Waals surface area contributed by atoms with Crippen molar-refractivity contribution in [1.82, 2.24) is 4.98 Å². The molecular formula is C16H23IN4O. The summed E-state index contributed by atoms with van der Waals surface area (Å²) in [5.41, 5.74) is 8.98. The summed E-state index contributed by atoms with van der Waals surface area (Å²) in [6, 6.07) is 8.14. The summed E-state index contributed by atoms with van der Waals surface area (Å²) >= 11 is 0. The van der Waals surface area contributed by atoms with E-state index in [1.165, 1.54) is 5.56 Å². The van der Waals surface area contributed by atoms with Crippen LogP contribution >= 0.6 is 24.0 Å². The maximum atomic E-state index is 5.89. The molecule has 0 saturated heterocycles. The van der Waals surface area contributed by atoms with Crippen molar-refractivity contribution in [2.75, 3.05) is 5.32 Å². The van der Waals surface area contributed by atoms with Crippen LogP contribution < -0.4 is 11.1 Å². The Bertz CT molecular complexity index is 620. The number of nitrogens with one attached hydrogen (secondary N) is 1. The van der Waals surface area contributed by atoms with Crippen molar-refractivity contribution in [2.45, 2.75) is 40.2 Å². The first-order chi connectivity index (χ1) is 10.1. The van der Waals surface area contributed by atoms with Gasteiger partial charge in [0, 0.05) is 12.1 Å². The number of anilines is 1. The zero-order valence-electron chi connectivity index (χ0n) is 13.2. The minimum absolute atomic E-state index is 0. The van der Waals surface area contributed by atoms with Crippen LogP contribution in [0.1, 0.15) is 36.8 Å². The maximum absolute atomic E-state index is 5.89. The molecule has 0 unspecified atom stereocenters. The Labute approximate surface area is 148 Å². The molecule has 0 aliphatic carbocycles. The quantitative estimate of drug-likeness (QED) is 0.445. The van der Waals surface area contributed by atoms with Crippen LogP contribution in [0.15, 0.2) is 33.7 Å². The molecule has 0 bridgehead atoms. The number of oxazole rings is 1. The van der Waals surface area contributed by atoms with Crippen LogP contribution in [0.4, 0.5) is 5.69 Å². The Morgan fingerprint density at radius 2 is 1.91 bits per heavy atom. The molecule has 0 saturated carbocycles. The molecule has 0 amide bonds. The first kappa shape index (κ1) is 18.5. The molecule has 0 spiro atoms. The van der Waals surface area contributed by atoms with Crippen LogP contribution in [0.3, 0.4) is 0 Å². The third kappa shape index (κ3) is 5.01. The van der Waals surface area contributed by atoms with Crippen LogP contribution in [-0.2, 0) is 19.4 Å². The molecule has 0 radical (unpaired) electrons. The minimum atomic E-state index is 0. The van der Waals surface area contributed by atoms with E-state index in [4.69, 9.17) is 10.2 Å². The first-order valence-electron chi connectivity index (χ1n) is 7.23. The van der Waals surface area contributed by atoms with Crippen LogP contribution in [0, 0.1) is 6.92 Å². The Hall–Kier alpha value is -1.57. The molecule has 2 aromatic rings. The third-order valence-corrected chi connectivity index (χ3v) is 3.27. The van der Waals surface area contributed by atoms with Crippen molar-refractivity contribution in [1.29, 1.82) is 0 Å². The lowest BCUT2D eigenvalue weighted by molar-refractivity contribution is 0.461. The lowest BCUT2D eigenvalue weighted by atomic mass is 10.1. The highest BCUT2D eigenvalue weighted by atomic mass is 127. The Balaban J connectivity index is 0.00000242. The van der Waals surface area contributed by atoms with Gasteiger partial charge in [0.25, 0.3) is 0 Å². The van der Waals surface area contributed by atoms with Gasteiger partial charge in [-0.15, -0.1) is 24.0 Å². The van der Waals surface area contributed by atoms with Crippen LogP contribution in [-0.4, -0.2) is 10.9 Å². The van der Waals surface area contributed by atoms with E-state index in [0.717, 1.165) is 35.9 Å². The SMILES string of the molecule is CCc1ccc(NC(N)=NCc2oc(CC)nc2C)cc1.I. The van der Waals surface area contributed by atoms with Crippen LogP contribution in [0.5, 0.6) is 0 Å². The standard InChI is InChI=1S/C16H22N4O.HI/c1-4-12-6-8-13(9-7-12)20-16(17)18-10-14-11(3)19-15(5-2)21-14;/h6-9H,4-5,10H2,1-3H3,(H3,17,18,20);1H. The first-order valence-corrected chi connectivity index (χ1v) is 7.23. The number of rotatable bonds is 5. The van der Waals surface area contributed by atoms with Crippen molar-refractivity contribution < 1.29 is 4.42 Å². The fraction of sp³-hybridized carbons (Fsp3) is 0.375. The van der Waals surface area contributed by atoms with Gasteiger partial charge in [0.15, 0.2) is 11.9 Å². The van der Waals surface area contributed by atoms with Gasteiger partial charge in [0.05, 0.1) is 5.69 Å². The van der Waals surface area contributed by atoms with Gasteiger partial charge in [-0.2, -0.15) is 0 Å². The normalized spacial score (nSPS) is 11.1. The van der Waals surface area contributed by atoms with E-state index in [1.807, 2.05) is 26.0 Å². The minimum Gasteiger partial charge on any atom is -0.443 e. The molecule has 0 atom stereocenters. The molecule has 2 rings (SSSR count). The van der Waals surface area contributed by atoms with Crippen molar-refractivity contribution in [2.24, 2.45) is 10.7 Å². The summed E-state index contributed by atoms with van der Waals surface area (Å²) < 4.78 is 5.59. The van der Waals surface area contributed by atoms with E-state index < -0.39 is 0 Å². The molecule has 22 heavy (non-hydrogen) atoms. The van der Waals surface area contributed by atoms with E-state index in [9.17, 15) is 0 Å². The van der Waals surface area contributed by atoms with Gasteiger partial charge in [-0.3, -0.25) is 0 Å². The van der Waals surface area contributed by atoms with Gasteiger partial charge in [-0.05, 0) is 31.0 Å². The van der Waals surface area contributed by atoms with Crippen molar-refractivity contribution in [3.8, 4) is 0 Å². The summed E-state index contributed by atoms with van der Waals surface area (Å²) in [6.07, 6.45) is 1.80. The largest absolute Gasteiger partial charge is 0.443 e. The van der Waals surface area contributed by atoms with E-state index in [0.29, 0.717) is 12.5 Å². The van der Waals surface area contributed by atoms with E-state index in [-0.39, 0.29) is 24.0 Å². The number of guanidine groups is 1. The highest BCUT2D eigenvalue weighted by Gasteiger charge is 2.07. The average molecular weight is 414 g/mol. The summed E-state index contributed by atoms with van der Waals surface area (Å²) in [5.74, 6) is 1.87. The molecule has 5 nitrogen and oxygen atoms in total. The van der Waals surface area contributed by atoms with Gasteiger partial charge in [0.2, 0.25) is 0 Å². The molecular weight excluding hydrogens is 391 g/mol. The lowest BCUT2D eigenvalue weighted by Gasteiger charge is -2.06. The lowest BCUT2D eigenvalue weighted by Crippen LogP contribution is -2.22. The molecule has 0 fully saturated rings. The number of aryl methyl sites for hydroxylation is 3. The zero-order chi connectivity index (χ0) is 15.2. The second kappa shape index (κ2) is 8.77. The van der Waals surface area contributed by atoms with Gasteiger partial charge < -0.3 is 15.5 Å². The smallest absolute Gasteiger partial charge is 0.194 e. The molecule has 120 valence electrons. The second-order valence-corrected chi connectivity index (χ2v) is 4.85. The summed E-state index contributed by atoms with van der Waals surface area (Å²) in [7, 11) is 0. The predicted octanol–water partition coefficient (Wildman–Crippen LogP) is 3.65. The van der Waals surface area contributed by atoms with Crippen molar-refractivity contribution in [3.05, 3.63) is 47.2 Å². The number of nitrogens with zero attached hydrogens (tertiary/aromatic N) is 2. The van der Waals surface area contributed by atoms with Crippen LogP contribution in [0.2, 0.25) is 0 Å². The van der Waals surface area contributed by atoms with Gasteiger partial charge in [-0.25, -0.2) is 9.98 Å². The van der Waals surface area contributed by atoms with Crippen molar-refractivity contribution >= 4 is 35.6 Å². The van der Waals surface area contributed by atoms with E-state index in [2.05, 4.69) is 34.3 Å². The van der Waals surface area contributed by atoms with E-state index >= 15 is 0 Å². The fourth-order valence-electron chi connectivity index (χ4n) is 1.95. The number of halogens is 1. The summed E-state index contributed by atoms with van der Waals surface area (Å²) in [4.78, 5) is 8.60. The Kier molecular flexibility index (Phi) is 7.37. The summed E-state index contributed by atoms with van der Waals surface area (Å²) in [6.45, 7) is 6.45. The highest BCUT2D eigenvalue weighted by molar-refractivity contribution is 14.0. The number of hydrogen-bond acceptors (Lipinski definition) is 3. The highest BCUT2D eigenvalue weighted by Crippen LogP contribution is 2.12. The molecule has 0 aliphatic rings. The molecule has 1 heterocycles. The average Bonchev–Trinajstić information content (AvgIpc) is 2.86. The number of nitrogens with two attached hydrogens (primary N) is 1. The fourth-order valence-corrected chi connectivity index (χ4v) is 1.95. The van der Waals surface area contributed by atoms with Gasteiger partial charge in [-0.1, -0.05) is 26.0 Å². The maximum Gasteiger partial charge on any atom is 0.194 e. The monoisotopic (exact) mass is 414 g/mol. The zero-order valence-corrected chi connectivity index (χ0v) is 15.5. The van der Waals surface area contributed by atoms with E-state index in [1.54, 1.807) is 0 Å². The van der Waals surface area contributed by atoms with Crippen molar-refractivity contribution in [3.63, 3.8) is 0 Å². The number of aliphatic imine (C=N–C) groups is 1. The number of benzene rings is 1. The second-order valence-electron chi connectivity index (χ2n) is 4.85. The topological polar surface area (TPSA) is 76.4 Å². The molecule has 1 aromatic carbocycles. The molecule has 0 aliphatic heterocycles. The number of aromatic nitrogens is 1. The summed E-state index contributed by atoms with van der Waals surface area (Å²) in [5, 5.41) is 3.07. The molecule has 1 aromatic heterocycles. The molecule has 6 heteroatoms. The van der Waals surface area contributed by atoms with Gasteiger partial charge in [0.1, 0.15) is 12.3 Å². The third-order valence-electron chi connectivity index (χ3n) is 3.27. The van der Waals surface area contributed by atoms with Crippen LogP contribution in [0.25, 0.3) is 0 Å². The predicted molar refractivity (Wildman–Crippen MR) is 101 cm³/mol.